The van der Waals surface area contributed by atoms with Gasteiger partial charge in [0.2, 0.25) is 0 Å². The summed E-state index contributed by atoms with van der Waals surface area (Å²) in [6.07, 6.45) is 0. The summed E-state index contributed by atoms with van der Waals surface area (Å²) < 4.78 is 0. The summed E-state index contributed by atoms with van der Waals surface area (Å²) in [6, 6.07) is 16.5. The summed E-state index contributed by atoms with van der Waals surface area (Å²) in [4.78, 5) is 12.4. The molecule has 0 aliphatic carbocycles. The summed E-state index contributed by atoms with van der Waals surface area (Å²) in [7, 11) is 0. The SMILES string of the molecule is NCC(C(=O)c1cccc(Cl)c1)c1ccccc1. The first kappa shape index (κ1) is 12.8. The number of hydrogen-bond acceptors (Lipinski definition) is 2. The Morgan fingerprint density at radius 2 is 1.83 bits per heavy atom. The fraction of sp³-hybridized carbons (Fsp3) is 0.133. The molecule has 0 spiro atoms. The van der Waals surface area contributed by atoms with Gasteiger partial charge in [0.05, 0.1) is 5.92 Å². The molecule has 92 valence electrons. The van der Waals surface area contributed by atoms with E-state index < -0.39 is 0 Å². The number of carbonyl (C=O) groups excluding carboxylic acids is 1. The fourth-order valence-corrected chi connectivity index (χ4v) is 2.11. The van der Waals surface area contributed by atoms with E-state index in [9.17, 15) is 4.79 Å². The molecular formula is C15H14ClNO. The minimum Gasteiger partial charge on any atom is -0.329 e. The van der Waals surface area contributed by atoms with Gasteiger partial charge in [0, 0.05) is 17.1 Å². The highest BCUT2D eigenvalue weighted by Gasteiger charge is 2.20. The average molecular weight is 260 g/mol. The topological polar surface area (TPSA) is 43.1 Å². The molecule has 2 rings (SSSR count). The molecule has 0 aliphatic heterocycles. The fourth-order valence-electron chi connectivity index (χ4n) is 1.92. The predicted molar refractivity (Wildman–Crippen MR) is 74.0 cm³/mol. The molecule has 2 aromatic carbocycles. The summed E-state index contributed by atoms with van der Waals surface area (Å²) in [6.45, 7) is 0.287. The summed E-state index contributed by atoms with van der Waals surface area (Å²) in [5.74, 6) is -0.309. The van der Waals surface area contributed by atoms with E-state index in [1.54, 1.807) is 24.3 Å². The quantitative estimate of drug-likeness (QED) is 0.857. The largest absolute Gasteiger partial charge is 0.329 e. The van der Waals surface area contributed by atoms with Crippen LogP contribution in [-0.4, -0.2) is 12.3 Å². The molecule has 0 radical (unpaired) electrons. The maximum absolute atomic E-state index is 12.4. The Morgan fingerprint density at radius 3 is 2.44 bits per heavy atom. The van der Waals surface area contributed by atoms with Crippen molar-refractivity contribution in [3.63, 3.8) is 0 Å². The second-order valence-electron chi connectivity index (χ2n) is 4.07. The van der Waals surface area contributed by atoms with Crippen LogP contribution in [0.15, 0.2) is 54.6 Å². The highest BCUT2D eigenvalue weighted by Crippen LogP contribution is 2.21. The lowest BCUT2D eigenvalue weighted by Crippen LogP contribution is -2.21. The number of Topliss-reactive ketones (excluding diaryl/α,β-unsaturated/α-hetero) is 1. The normalized spacial score (nSPS) is 12.1. The van der Waals surface area contributed by atoms with Crippen LogP contribution in [0, 0.1) is 0 Å². The molecule has 0 saturated carbocycles. The minimum atomic E-state index is -0.315. The Balaban J connectivity index is 2.32. The van der Waals surface area contributed by atoms with E-state index in [4.69, 9.17) is 17.3 Å². The average Bonchev–Trinajstić information content (AvgIpc) is 2.41. The Kier molecular flexibility index (Phi) is 4.13. The van der Waals surface area contributed by atoms with Gasteiger partial charge in [-0.15, -0.1) is 0 Å². The molecule has 0 aliphatic rings. The second-order valence-corrected chi connectivity index (χ2v) is 4.51. The van der Waals surface area contributed by atoms with Crippen LogP contribution in [0.1, 0.15) is 21.8 Å². The van der Waals surface area contributed by atoms with Gasteiger partial charge in [0.1, 0.15) is 0 Å². The zero-order chi connectivity index (χ0) is 13.0. The Labute approximate surface area is 111 Å². The monoisotopic (exact) mass is 259 g/mol. The molecule has 0 fully saturated rings. The molecular weight excluding hydrogens is 246 g/mol. The Bertz CT molecular complexity index is 539. The molecule has 0 heterocycles. The Morgan fingerprint density at radius 1 is 1.11 bits per heavy atom. The van der Waals surface area contributed by atoms with Crippen molar-refractivity contribution in [1.82, 2.24) is 0 Å². The summed E-state index contributed by atoms with van der Waals surface area (Å²) in [5.41, 5.74) is 7.26. The molecule has 2 aromatic rings. The molecule has 0 amide bonds. The molecule has 2 N–H and O–H groups in total. The van der Waals surface area contributed by atoms with Gasteiger partial charge < -0.3 is 5.73 Å². The van der Waals surface area contributed by atoms with Crippen molar-refractivity contribution < 1.29 is 4.79 Å². The smallest absolute Gasteiger partial charge is 0.171 e. The number of rotatable bonds is 4. The number of carbonyl (C=O) groups is 1. The van der Waals surface area contributed by atoms with Gasteiger partial charge in [-0.2, -0.15) is 0 Å². The van der Waals surface area contributed by atoms with Gasteiger partial charge in [-0.3, -0.25) is 4.79 Å². The van der Waals surface area contributed by atoms with E-state index >= 15 is 0 Å². The zero-order valence-electron chi connectivity index (χ0n) is 9.84. The predicted octanol–water partition coefficient (Wildman–Crippen LogP) is 3.27. The van der Waals surface area contributed by atoms with E-state index in [0.717, 1.165) is 5.56 Å². The number of ketones is 1. The third-order valence-electron chi connectivity index (χ3n) is 2.86. The number of nitrogens with two attached hydrogens (primary N) is 1. The van der Waals surface area contributed by atoms with Crippen LogP contribution in [0.2, 0.25) is 5.02 Å². The first-order chi connectivity index (χ1) is 8.72. The highest BCUT2D eigenvalue weighted by atomic mass is 35.5. The van der Waals surface area contributed by atoms with Crippen LogP contribution >= 0.6 is 11.6 Å². The molecule has 3 heteroatoms. The van der Waals surface area contributed by atoms with Gasteiger partial charge in [-0.05, 0) is 17.7 Å². The number of benzene rings is 2. The molecule has 2 nitrogen and oxygen atoms in total. The maximum atomic E-state index is 12.4. The third-order valence-corrected chi connectivity index (χ3v) is 3.10. The minimum absolute atomic E-state index is 0.00574. The molecule has 0 saturated heterocycles. The van der Waals surface area contributed by atoms with Crippen molar-refractivity contribution >= 4 is 17.4 Å². The summed E-state index contributed by atoms with van der Waals surface area (Å²) in [5, 5.41) is 0.560. The van der Waals surface area contributed by atoms with Crippen molar-refractivity contribution in [3.8, 4) is 0 Å². The lowest BCUT2D eigenvalue weighted by Gasteiger charge is -2.14. The van der Waals surface area contributed by atoms with E-state index in [2.05, 4.69) is 0 Å². The van der Waals surface area contributed by atoms with Crippen LogP contribution in [0.25, 0.3) is 0 Å². The number of halogens is 1. The first-order valence-electron chi connectivity index (χ1n) is 5.77. The van der Waals surface area contributed by atoms with Gasteiger partial charge in [0.25, 0.3) is 0 Å². The molecule has 18 heavy (non-hydrogen) atoms. The van der Waals surface area contributed by atoms with Crippen molar-refractivity contribution in [3.05, 3.63) is 70.7 Å². The lowest BCUT2D eigenvalue weighted by molar-refractivity contribution is 0.0962. The standard InChI is InChI=1S/C15H14ClNO/c16-13-8-4-7-12(9-13)15(18)14(10-17)11-5-2-1-3-6-11/h1-9,14H,10,17H2. The van der Waals surface area contributed by atoms with Crippen LogP contribution in [-0.2, 0) is 0 Å². The van der Waals surface area contributed by atoms with Gasteiger partial charge >= 0.3 is 0 Å². The molecule has 1 atom stereocenters. The molecule has 0 bridgehead atoms. The number of hydrogen-bond donors (Lipinski definition) is 1. The van der Waals surface area contributed by atoms with Gasteiger partial charge in [-0.1, -0.05) is 54.1 Å². The molecule has 1 unspecified atom stereocenters. The van der Waals surface area contributed by atoms with E-state index in [0.29, 0.717) is 10.6 Å². The van der Waals surface area contributed by atoms with Crippen LogP contribution in [0.3, 0.4) is 0 Å². The van der Waals surface area contributed by atoms with Crippen molar-refractivity contribution in [2.75, 3.05) is 6.54 Å². The molecule has 0 aromatic heterocycles. The van der Waals surface area contributed by atoms with Crippen molar-refractivity contribution in [2.45, 2.75) is 5.92 Å². The zero-order valence-corrected chi connectivity index (χ0v) is 10.6. The van der Waals surface area contributed by atoms with E-state index in [1.807, 2.05) is 30.3 Å². The Hall–Kier alpha value is -1.64. The highest BCUT2D eigenvalue weighted by molar-refractivity contribution is 6.31. The van der Waals surface area contributed by atoms with Crippen LogP contribution < -0.4 is 5.73 Å². The van der Waals surface area contributed by atoms with E-state index in [-0.39, 0.29) is 18.2 Å². The van der Waals surface area contributed by atoms with E-state index in [1.165, 1.54) is 0 Å². The second kappa shape index (κ2) is 5.80. The van der Waals surface area contributed by atoms with Gasteiger partial charge in [-0.25, -0.2) is 0 Å². The van der Waals surface area contributed by atoms with Crippen LogP contribution in [0.4, 0.5) is 0 Å². The first-order valence-corrected chi connectivity index (χ1v) is 6.15. The van der Waals surface area contributed by atoms with Crippen molar-refractivity contribution in [1.29, 1.82) is 0 Å². The van der Waals surface area contributed by atoms with Crippen molar-refractivity contribution in [2.24, 2.45) is 5.73 Å². The summed E-state index contributed by atoms with van der Waals surface area (Å²) >= 11 is 5.90. The lowest BCUT2D eigenvalue weighted by atomic mass is 9.91. The van der Waals surface area contributed by atoms with Crippen LogP contribution in [0.5, 0.6) is 0 Å². The maximum Gasteiger partial charge on any atom is 0.171 e. The third kappa shape index (κ3) is 2.78. The van der Waals surface area contributed by atoms with Gasteiger partial charge in [0.15, 0.2) is 5.78 Å².